The van der Waals surface area contributed by atoms with Gasteiger partial charge in [-0.3, -0.25) is 0 Å². The van der Waals surface area contributed by atoms with Crippen molar-refractivity contribution >= 4 is 32.7 Å². The Kier molecular flexibility index (Phi) is 6.93. The Hall–Kier alpha value is -3.27. The first-order valence-corrected chi connectivity index (χ1v) is 13.1. The van der Waals surface area contributed by atoms with Crippen molar-refractivity contribution in [3.05, 3.63) is 83.9 Å². The number of ether oxygens (including phenoxy) is 3. The molecule has 3 aromatic rings. The van der Waals surface area contributed by atoms with Crippen LogP contribution in [0, 0.1) is 0 Å². The van der Waals surface area contributed by atoms with E-state index < -0.39 is 39.8 Å². The summed E-state index contributed by atoms with van der Waals surface area (Å²) < 4.78 is 44.4. The van der Waals surface area contributed by atoms with Crippen LogP contribution >= 0.6 is 0 Å². The summed E-state index contributed by atoms with van der Waals surface area (Å²) >= 11 is 0. The Balaban J connectivity index is 2.01. The Labute approximate surface area is 204 Å². The number of carbonyl (C=O) groups is 2. The molecule has 35 heavy (non-hydrogen) atoms. The van der Waals surface area contributed by atoms with Crippen LogP contribution in [0.3, 0.4) is 0 Å². The molecule has 0 aliphatic carbocycles. The van der Waals surface area contributed by atoms with Crippen LogP contribution in [0.4, 0.5) is 0 Å². The number of benzene rings is 3. The molecule has 0 unspecified atom stereocenters. The second-order valence-electron chi connectivity index (χ2n) is 8.15. The lowest BCUT2D eigenvalue weighted by Gasteiger charge is -2.35. The van der Waals surface area contributed by atoms with Crippen molar-refractivity contribution in [1.29, 1.82) is 0 Å². The van der Waals surface area contributed by atoms with Gasteiger partial charge in [0.2, 0.25) is 10.0 Å². The highest BCUT2D eigenvalue weighted by atomic mass is 32.2. The number of hydrogen-bond donors (Lipinski definition) is 0. The molecular formula is C26H27NO7S. The van der Waals surface area contributed by atoms with E-state index in [1.807, 2.05) is 30.3 Å². The van der Waals surface area contributed by atoms with Gasteiger partial charge in [0.25, 0.3) is 5.54 Å². The van der Waals surface area contributed by atoms with Gasteiger partial charge < -0.3 is 14.2 Å². The van der Waals surface area contributed by atoms with Gasteiger partial charge in [0, 0.05) is 0 Å². The van der Waals surface area contributed by atoms with Crippen molar-refractivity contribution in [1.82, 2.24) is 4.31 Å². The minimum Gasteiger partial charge on any atom is -0.464 e. The van der Waals surface area contributed by atoms with Crippen LogP contribution in [-0.2, 0) is 33.8 Å². The van der Waals surface area contributed by atoms with Crippen LogP contribution in [0.1, 0.15) is 37.3 Å². The molecule has 0 bridgehead atoms. The zero-order valence-electron chi connectivity index (χ0n) is 19.7. The maximum Gasteiger partial charge on any atom is 0.342 e. The standard InChI is InChI=1S/C26H27NO7S/c1-4-32-24(28)26(25(29)33-5-2)22(19-12-7-6-8-13-19)34-23(27(26)35(3,30)31)21-16-15-18-11-9-10-14-20(18)17-21/h6-17,22-23H,4-5H2,1-3H3/t22-,23+/m0/s1. The van der Waals surface area contributed by atoms with Gasteiger partial charge in [0.15, 0.2) is 6.23 Å². The van der Waals surface area contributed by atoms with Crippen molar-refractivity contribution < 1.29 is 32.2 Å². The fourth-order valence-corrected chi connectivity index (χ4v) is 5.79. The molecule has 9 heteroatoms. The summed E-state index contributed by atoms with van der Waals surface area (Å²) in [5, 5.41) is 1.80. The topological polar surface area (TPSA) is 99.2 Å². The molecule has 1 aliphatic heterocycles. The summed E-state index contributed by atoms with van der Waals surface area (Å²) in [6, 6.07) is 21.5. The number of fused-ring (bicyclic) bond motifs is 1. The van der Waals surface area contributed by atoms with Crippen LogP contribution in [0.25, 0.3) is 10.8 Å². The van der Waals surface area contributed by atoms with Crippen LogP contribution < -0.4 is 0 Å². The number of nitrogens with zero attached hydrogens (tertiary/aromatic N) is 1. The summed E-state index contributed by atoms with van der Waals surface area (Å²) in [7, 11) is -4.22. The molecule has 0 saturated carbocycles. The Morgan fingerprint density at radius 1 is 0.857 bits per heavy atom. The first-order chi connectivity index (χ1) is 16.7. The fraction of sp³-hybridized carbons (Fsp3) is 0.308. The van der Waals surface area contributed by atoms with E-state index in [0.29, 0.717) is 11.1 Å². The van der Waals surface area contributed by atoms with Gasteiger partial charge in [-0.05, 0) is 41.8 Å². The van der Waals surface area contributed by atoms with Gasteiger partial charge in [-0.2, -0.15) is 0 Å². The highest BCUT2D eigenvalue weighted by Gasteiger charge is 2.70. The van der Waals surface area contributed by atoms with Crippen LogP contribution in [0.5, 0.6) is 0 Å². The average Bonchev–Trinajstić information content (AvgIpc) is 3.23. The van der Waals surface area contributed by atoms with Crippen LogP contribution in [0.2, 0.25) is 0 Å². The molecule has 1 fully saturated rings. The maximum atomic E-state index is 13.6. The van der Waals surface area contributed by atoms with E-state index in [1.54, 1.807) is 56.3 Å². The van der Waals surface area contributed by atoms with Gasteiger partial charge in [-0.15, -0.1) is 4.31 Å². The minimum absolute atomic E-state index is 0.0697. The first-order valence-electron chi connectivity index (χ1n) is 11.3. The molecule has 0 aromatic heterocycles. The molecule has 0 amide bonds. The summed E-state index contributed by atoms with van der Waals surface area (Å²) in [5.74, 6) is -2.11. The molecule has 0 radical (unpaired) electrons. The molecule has 3 aromatic carbocycles. The second-order valence-corrected chi connectivity index (χ2v) is 10.0. The molecule has 184 valence electrons. The molecule has 0 N–H and O–H groups in total. The third-order valence-electron chi connectivity index (χ3n) is 5.90. The highest BCUT2D eigenvalue weighted by molar-refractivity contribution is 7.88. The lowest BCUT2D eigenvalue weighted by atomic mass is 9.88. The van der Waals surface area contributed by atoms with E-state index in [9.17, 15) is 18.0 Å². The van der Waals surface area contributed by atoms with Gasteiger partial charge in [-0.25, -0.2) is 18.0 Å². The zero-order chi connectivity index (χ0) is 25.2. The van der Waals surface area contributed by atoms with Crippen molar-refractivity contribution in [3.63, 3.8) is 0 Å². The molecular weight excluding hydrogens is 470 g/mol. The smallest absolute Gasteiger partial charge is 0.342 e. The summed E-state index contributed by atoms with van der Waals surface area (Å²) in [5.41, 5.74) is -1.52. The third kappa shape index (κ3) is 4.31. The second kappa shape index (κ2) is 9.77. The quantitative estimate of drug-likeness (QED) is 0.362. The SMILES string of the molecule is CCOC(=O)C1(C(=O)OCC)[C@H](c2ccccc2)O[C@H](c2ccc3ccccc3c2)N1S(C)(=O)=O. The highest BCUT2D eigenvalue weighted by Crippen LogP contribution is 2.52. The lowest BCUT2D eigenvalue weighted by Crippen LogP contribution is -2.62. The normalized spacial score (nSPS) is 20.0. The van der Waals surface area contributed by atoms with Crippen LogP contribution in [-0.4, -0.2) is 49.7 Å². The Bertz CT molecular complexity index is 1320. The number of carbonyl (C=O) groups excluding carboxylic acids is 2. The predicted molar refractivity (Wildman–Crippen MR) is 130 cm³/mol. The third-order valence-corrected chi connectivity index (χ3v) is 7.09. The van der Waals surface area contributed by atoms with E-state index >= 15 is 0 Å². The average molecular weight is 498 g/mol. The fourth-order valence-electron chi connectivity index (χ4n) is 4.50. The number of esters is 2. The predicted octanol–water partition coefficient (Wildman–Crippen LogP) is 3.74. The van der Waals surface area contributed by atoms with Gasteiger partial charge in [-0.1, -0.05) is 66.7 Å². The summed E-state index contributed by atoms with van der Waals surface area (Å²) in [4.78, 5) is 27.2. The van der Waals surface area contributed by atoms with Crippen LogP contribution in [0.15, 0.2) is 72.8 Å². The molecule has 4 rings (SSSR count). The largest absolute Gasteiger partial charge is 0.464 e. The van der Waals surface area contributed by atoms with Gasteiger partial charge in [0.1, 0.15) is 6.10 Å². The van der Waals surface area contributed by atoms with Gasteiger partial charge >= 0.3 is 11.9 Å². The van der Waals surface area contributed by atoms with E-state index in [4.69, 9.17) is 14.2 Å². The zero-order valence-corrected chi connectivity index (χ0v) is 20.5. The lowest BCUT2D eigenvalue weighted by molar-refractivity contribution is -0.172. The van der Waals surface area contributed by atoms with E-state index in [1.165, 1.54) is 0 Å². The number of hydrogen-bond acceptors (Lipinski definition) is 7. The summed E-state index contributed by atoms with van der Waals surface area (Å²) in [6.45, 7) is 3.02. The maximum absolute atomic E-state index is 13.6. The molecule has 1 saturated heterocycles. The number of rotatable bonds is 7. The van der Waals surface area contributed by atoms with Crippen molar-refractivity contribution in [2.45, 2.75) is 31.7 Å². The molecule has 0 spiro atoms. The molecule has 1 aliphatic rings. The van der Waals surface area contributed by atoms with E-state index in [2.05, 4.69) is 0 Å². The van der Waals surface area contributed by atoms with Gasteiger partial charge in [0.05, 0.1) is 19.5 Å². The number of sulfonamides is 1. The minimum atomic E-state index is -4.22. The monoisotopic (exact) mass is 497 g/mol. The van der Waals surface area contributed by atoms with Crippen molar-refractivity contribution in [2.75, 3.05) is 19.5 Å². The van der Waals surface area contributed by atoms with Crippen molar-refractivity contribution in [3.8, 4) is 0 Å². The first kappa shape index (κ1) is 24.8. The van der Waals surface area contributed by atoms with E-state index in [0.717, 1.165) is 21.3 Å². The summed E-state index contributed by atoms with van der Waals surface area (Å²) in [6.07, 6.45) is -1.66. The molecule has 8 nitrogen and oxygen atoms in total. The Morgan fingerprint density at radius 2 is 1.43 bits per heavy atom. The van der Waals surface area contributed by atoms with E-state index in [-0.39, 0.29) is 13.2 Å². The molecule has 2 atom stereocenters. The molecule has 1 heterocycles. The van der Waals surface area contributed by atoms with Crippen molar-refractivity contribution in [2.24, 2.45) is 0 Å². The Morgan fingerprint density at radius 3 is 2.00 bits per heavy atom.